The first-order valence-electron chi connectivity index (χ1n) is 19.8. The van der Waals surface area contributed by atoms with E-state index in [1.165, 1.54) is 199 Å². The molecule has 0 saturated carbocycles. The van der Waals surface area contributed by atoms with Crippen LogP contribution in [-0.4, -0.2) is 12.6 Å². The lowest BCUT2D eigenvalue weighted by atomic mass is 10.0. The average Bonchev–Trinajstić information content (AvgIpc) is 2.98. The van der Waals surface area contributed by atoms with Gasteiger partial charge in [-0.2, -0.15) is 0 Å². The zero-order valence-corrected chi connectivity index (χ0v) is 29.6. The van der Waals surface area contributed by atoms with Crippen molar-refractivity contribution in [1.29, 1.82) is 0 Å². The van der Waals surface area contributed by atoms with Crippen LogP contribution in [-0.2, 0) is 9.53 Å². The van der Waals surface area contributed by atoms with Gasteiger partial charge in [-0.3, -0.25) is 4.79 Å². The van der Waals surface area contributed by atoms with Crippen molar-refractivity contribution in [3.8, 4) is 0 Å². The number of esters is 1. The summed E-state index contributed by atoms with van der Waals surface area (Å²) in [6.45, 7) is 7.60. The molecule has 0 heterocycles. The molecule has 0 radical (unpaired) electrons. The van der Waals surface area contributed by atoms with Gasteiger partial charge >= 0.3 is 5.97 Å². The van der Waals surface area contributed by atoms with Crippen molar-refractivity contribution in [3.63, 3.8) is 0 Å². The molecule has 0 aliphatic rings. The monoisotopic (exact) mass is 593 g/mol. The van der Waals surface area contributed by atoms with E-state index in [1.807, 2.05) is 0 Å². The highest BCUT2D eigenvalue weighted by Crippen LogP contribution is 2.16. The molecule has 0 aromatic heterocycles. The number of hydrogen-bond donors (Lipinski definition) is 0. The molecule has 0 aromatic carbocycles. The second kappa shape index (κ2) is 36.7. The summed E-state index contributed by atoms with van der Waals surface area (Å²) in [6, 6.07) is 0. The first-order chi connectivity index (χ1) is 20.7. The maximum atomic E-state index is 12.0. The van der Waals surface area contributed by atoms with Crippen LogP contribution < -0.4 is 0 Å². The van der Waals surface area contributed by atoms with Gasteiger partial charge in [0, 0.05) is 6.42 Å². The number of carbonyl (C=O) groups is 1. The number of carbonyl (C=O) groups excluding carboxylic acids is 1. The van der Waals surface area contributed by atoms with Gasteiger partial charge in [0.25, 0.3) is 0 Å². The minimum absolute atomic E-state index is 0.0295. The predicted octanol–water partition coefficient (Wildman–Crippen LogP) is 14.5. The molecule has 0 rings (SSSR count). The van der Waals surface area contributed by atoms with Crippen LogP contribution in [0.5, 0.6) is 0 Å². The van der Waals surface area contributed by atoms with Crippen molar-refractivity contribution < 1.29 is 9.53 Å². The van der Waals surface area contributed by atoms with Crippen LogP contribution in [0.25, 0.3) is 0 Å². The van der Waals surface area contributed by atoms with Crippen molar-refractivity contribution in [1.82, 2.24) is 0 Å². The van der Waals surface area contributed by atoms with E-state index in [1.54, 1.807) is 0 Å². The highest BCUT2D eigenvalue weighted by Gasteiger charge is 2.03. The molecule has 0 N–H and O–H groups in total. The molecule has 0 amide bonds. The second-order valence-electron chi connectivity index (χ2n) is 14.1. The van der Waals surface area contributed by atoms with Gasteiger partial charge in [-0.15, -0.1) is 0 Å². The highest BCUT2D eigenvalue weighted by atomic mass is 16.5. The molecule has 0 fully saturated rings. The fraction of sp³-hybridized carbons (Fsp3) is 0.975. The number of rotatable bonds is 36. The van der Waals surface area contributed by atoms with Gasteiger partial charge in [0.2, 0.25) is 0 Å². The molecule has 0 aromatic rings. The summed E-state index contributed by atoms with van der Waals surface area (Å²) < 4.78 is 5.46. The fourth-order valence-electron chi connectivity index (χ4n) is 6.21. The zero-order valence-electron chi connectivity index (χ0n) is 29.6. The molecule has 0 aliphatic carbocycles. The summed E-state index contributed by atoms with van der Waals surface area (Å²) in [6.07, 6.45) is 46.1. The molecule has 0 unspecified atom stereocenters. The Labute approximate surface area is 266 Å². The van der Waals surface area contributed by atoms with Gasteiger partial charge in [0.1, 0.15) is 0 Å². The standard InChI is InChI=1S/C40H80O2/c1-4-5-6-7-8-9-10-11-12-13-14-15-16-19-22-25-28-31-34-37-40(41)42-38-35-32-29-26-23-20-17-18-21-24-27-30-33-36-39(2)3/h39H,4-38H2,1-3H3. The Morgan fingerprint density at radius 3 is 1.02 bits per heavy atom. The minimum atomic E-state index is 0.0295. The molecule has 2 heteroatoms. The lowest BCUT2D eigenvalue weighted by Gasteiger charge is -2.06. The first kappa shape index (κ1) is 41.5. The Balaban J connectivity index is 3.15. The number of ether oxygens (including phenoxy) is 1. The van der Waals surface area contributed by atoms with Crippen molar-refractivity contribution in [3.05, 3.63) is 0 Å². The molecule has 0 spiro atoms. The van der Waals surface area contributed by atoms with Gasteiger partial charge in [0.05, 0.1) is 6.61 Å². The Hall–Kier alpha value is -0.530. The third-order valence-corrected chi connectivity index (χ3v) is 9.17. The number of hydrogen-bond acceptors (Lipinski definition) is 2. The summed E-state index contributed by atoms with van der Waals surface area (Å²) in [7, 11) is 0. The summed E-state index contributed by atoms with van der Waals surface area (Å²) in [5, 5.41) is 0. The minimum Gasteiger partial charge on any atom is -0.466 e. The van der Waals surface area contributed by atoms with Crippen LogP contribution in [0.2, 0.25) is 0 Å². The first-order valence-corrected chi connectivity index (χ1v) is 19.8. The summed E-state index contributed by atoms with van der Waals surface area (Å²) >= 11 is 0. The molecule has 2 nitrogen and oxygen atoms in total. The van der Waals surface area contributed by atoms with E-state index in [2.05, 4.69) is 20.8 Å². The van der Waals surface area contributed by atoms with E-state index in [0.717, 1.165) is 18.8 Å². The van der Waals surface area contributed by atoms with Gasteiger partial charge < -0.3 is 4.74 Å². The average molecular weight is 593 g/mol. The highest BCUT2D eigenvalue weighted by molar-refractivity contribution is 5.69. The molecular formula is C40H80O2. The Morgan fingerprint density at radius 1 is 0.405 bits per heavy atom. The quantitative estimate of drug-likeness (QED) is 0.0534. The van der Waals surface area contributed by atoms with Gasteiger partial charge in [-0.25, -0.2) is 0 Å². The largest absolute Gasteiger partial charge is 0.466 e. The van der Waals surface area contributed by atoms with E-state index < -0.39 is 0 Å². The third kappa shape index (κ3) is 37.5. The molecule has 42 heavy (non-hydrogen) atoms. The molecule has 0 bridgehead atoms. The Kier molecular flexibility index (Phi) is 36.2. The van der Waals surface area contributed by atoms with Crippen molar-refractivity contribution in [2.24, 2.45) is 5.92 Å². The lowest BCUT2D eigenvalue weighted by Crippen LogP contribution is -2.05. The lowest BCUT2D eigenvalue weighted by molar-refractivity contribution is -0.143. The van der Waals surface area contributed by atoms with Crippen LogP contribution in [0.1, 0.15) is 239 Å². The SMILES string of the molecule is CCCCCCCCCCCCCCCCCCCCCC(=O)OCCCCCCCCCCCCCCCC(C)C. The van der Waals surface area contributed by atoms with Gasteiger partial charge in [0.15, 0.2) is 0 Å². The van der Waals surface area contributed by atoms with Crippen LogP contribution in [0.4, 0.5) is 0 Å². The van der Waals surface area contributed by atoms with E-state index in [4.69, 9.17) is 4.74 Å². The van der Waals surface area contributed by atoms with Crippen molar-refractivity contribution >= 4 is 5.97 Å². The Bertz CT molecular complexity index is 500. The van der Waals surface area contributed by atoms with Crippen LogP contribution in [0.3, 0.4) is 0 Å². The molecule has 0 atom stereocenters. The molecule has 0 saturated heterocycles. The predicted molar refractivity (Wildman–Crippen MR) is 188 cm³/mol. The van der Waals surface area contributed by atoms with Crippen molar-refractivity contribution in [2.45, 2.75) is 239 Å². The molecule has 252 valence electrons. The second-order valence-corrected chi connectivity index (χ2v) is 14.1. The summed E-state index contributed by atoms with van der Waals surface area (Å²) in [5.74, 6) is 0.903. The van der Waals surface area contributed by atoms with Gasteiger partial charge in [-0.05, 0) is 18.8 Å². The normalized spacial score (nSPS) is 11.5. The van der Waals surface area contributed by atoms with Crippen LogP contribution in [0.15, 0.2) is 0 Å². The van der Waals surface area contributed by atoms with Crippen molar-refractivity contribution in [2.75, 3.05) is 6.61 Å². The maximum absolute atomic E-state index is 12.0. The Morgan fingerprint density at radius 2 is 0.690 bits per heavy atom. The maximum Gasteiger partial charge on any atom is 0.305 e. The summed E-state index contributed by atoms with van der Waals surface area (Å²) in [5.41, 5.74) is 0. The van der Waals surface area contributed by atoms with E-state index in [-0.39, 0.29) is 5.97 Å². The zero-order chi connectivity index (χ0) is 30.6. The van der Waals surface area contributed by atoms with Crippen LogP contribution in [0, 0.1) is 5.92 Å². The molecular weight excluding hydrogens is 512 g/mol. The number of unbranched alkanes of at least 4 members (excludes halogenated alkanes) is 30. The van der Waals surface area contributed by atoms with E-state index in [9.17, 15) is 4.79 Å². The third-order valence-electron chi connectivity index (χ3n) is 9.17. The van der Waals surface area contributed by atoms with E-state index in [0.29, 0.717) is 13.0 Å². The van der Waals surface area contributed by atoms with Crippen LogP contribution >= 0.6 is 0 Å². The smallest absolute Gasteiger partial charge is 0.305 e. The summed E-state index contributed by atoms with van der Waals surface area (Å²) in [4.78, 5) is 12.0. The topological polar surface area (TPSA) is 26.3 Å². The molecule has 0 aliphatic heterocycles. The van der Waals surface area contributed by atoms with Gasteiger partial charge in [-0.1, -0.05) is 220 Å². The van der Waals surface area contributed by atoms with E-state index >= 15 is 0 Å². The fourth-order valence-corrected chi connectivity index (χ4v) is 6.21.